The van der Waals surface area contributed by atoms with Crippen molar-refractivity contribution in [3.63, 3.8) is 0 Å². The minimum Gasteiger partial charge on any atom is -0.308 e. The van der Waals surface area contributed by atoms with Crippen LogP contribution in [0.4, 0.5) is 14.5 Å². The summed E-state index contributed by atoms with van der Waals surface area (Å²) >= 11 is 5.93. The summed E-state index contributed by atoms with van der Waals surface area (Å²) in [5, 5.41) is 14.0. The van der Waals surface area contributed by atoms with Crippen LogP contribution in [0.2, 0.25) is 5.02 Å². The van der Waals surface area contributed by atoms with E-state index in [0.717, 1.165) is 18.2 Å². The van der Waals surface area contributed by atoms with Crippen LogP contribution in [-0.2, 0) is 13.1 Å². The van der Waals surface area contributed by atoms with E-state index in [9.17, 15) is 18.9 Å². The molecule has 0 aliphatic heterocycles. The zero-order valence-electron chi connectivity index (χ0n) is 10.8. The molecule has 0 bridgehead atoms. The summed E-state index contributed by atoms with van der Waals surface area (Å²) in [6, 6.07) is 7.49. The number of halogens is 3. The van der Waals surface area contributed by atoms with Gasteiger partial charge in [-0.25, -0.2) is 8.78 Å². The minimum atomic E-state index is -0.545. The standard InChI is InChI=1S/C14H11ClF2N2O2/c15-12-2-1-3-14(19(20)21)11(12)8-18-7-9-6-10(16)4-5-13(9)17/h1-6,18H,7-8H2. The maximum absolute atomic E-state index is 13.4. The van der Waals surface area contributed by atoms with Gasteiger partial charge in [0.1, 0.15) is 11.6 Å². The molecule has 0 atom stereocenters. The molecule has 0 saturated carbocycles. The lowest BCUT2D eigenvalue weighted by atomic mass is 10.1. The summed E-state index contributed by atoms with van der Waals surface area (Å²) in [7, 11) is 0. The molecule has 0 fully saturated rings. The van der Waals surface area contributed by atoms with Gasteiger partial charge in [-0.05, 0) is 24.3 Å². The lowest BCUT2D eigenvalue weighted by Crippen LogP contribution is -2.15. The summed E-state index contributed by atoms with van der Waals surface area (Å²) in [4.78, 5) is 10.4. The van der Waals surface area contributed by atoms with Crippen molar-refractivity contribution >= 4 is 17.3 Å². The van der Waals surface area contributed by atoms with Crippen molar-refractivity contribution in [1.29, 1.82) is 0 Å². The van der Waals surface area contributed by atoms with Crippen LogP contribution in [0.5, 0.6) is 0 Å². The fourth-order valence-electron chi connectivity index (χ4n) is 1.89. The van der Waals surface area contributed by atoms with Crippen LogP contribution in [0.3, 0.4) is 0 Å². The predicted molar refractivity (Wildman–Crippen MR) is 75.0 cm³/mol. The molecule has 2 rings (SSSR count). The summed E-state index contributed by atoms with van der Waals surface area (Å²) in [6.45, 7) is 0.109. The SMILES string of the molecule is O=[N+]([O-])c1cccc(Cl)c1CNCc1cc(F)ccc1F. The zero-order chi connectivity index (χ0) is 15.4. The third-order valence-electron chi connectivity index (χ3n) is 2.92. The Morgan fingerprint density at radius 3 is 2.67 bits per heavy atom. The zero-order valence-corrected chi connectivity index (χ0v) is 11.5. The lowest BCUT2D eigenvalue weighted by Gasteiger charge is -2.08. The van der Waals surface area contributed by atoms with Gasteiger partial charge in [0.25, 0.3) is 5.69 Å². The van der Waals surface area contributed by atoms with E-state index in [4.69, 9.17) is 11.6 Å². The van der Waals surface area contributed by atoms with E-state index in [1.807, 2.05) is 0 Å². The Morgan fingerprint density at radius 1 is 1.19 bits per heavy atom. The smallest absolute Gasteiger partial charge is 0.275 e. The lowest BCUT2D eigenvalue weighted by molar-refractivity contribution is -0.385. The molecule has 0 amide bonds. The summed E-state index contributed by atoms with van der Waals surface area (Å²) in [5.41, 5.74) is 0.334. The minimum absolute atomic E-state index is 0.0337. The van der Waals surface area contributed by atoms with Gasteiger partial charge in [-0.15, -0.1) is 0 Å². The molecule has 0 aliphatic rings. The van der Waals surface area contributed by atoms with Crippen molar-refractivity contribution in [2.24, 2.45) is 0 Å². The number of nitro groups is 1. The molecule has 0 unspecified atom stereocenters. The number of nitrogens with one attached hydrogen (secondary N) is 1. The number of nitro benzene ring substituents is 1. The highest BCUT2D eigenvalue weighted by Gasteiger charge is 2.16. The number of hydrogen-bond donors (Lipinski definition) is 1. The highest BCUT2D eigenvalue weighted by atomic mass is 35.5. The third kappa shape index (κ3) is 3.74. The van der Waals surface area contributed by atoms with Crippen LogP contribution in [0.15, 0.2) is 36.4 Å². The molecule has 21 heavy (non-hydrogen) atoms. The Morgan fingerprint density at radius 2 is 1.95 bits per heavy atom. The molecular weight excluding hydrogens is 302 g/mol. The van der Waals surface area contributed by atoms with Crippen LogP contribution < -0.4 is 5.32 Å². The molecule has 0 aromatic heterocycles. The van der Waals surface area contributed by atoms with Gasteiger partial charge < -0.3 is 5.32 Å². The van der Waals surface area contributed by atoms with Gasteiger partial charge in [0, 0.05) is 24.7 Å². The van der Waals surface area contributed by atoms with Crippen LogP contribution in [0.25, 0.3) is 0 Å². The molecule has 110 valence electrons. The molecule has 1 N–H and O–H groups in total. The van der Waals surface area contributed by atoms with E-state index in [1.54, 1.807) is 0 Å². The van der Waals surface area contributed by atoms with Crippen molar-refractivity contribution in [3.05, 3.63) is 74.3 Å². The quantitative estimate of drug-likeness (QED) is 0.674. The fraction of sp³-hybridized carbons (Fsp3) is 0.143. The van der Waals surface area contributed by atoms with Gasteiger partial charge in [0.05, 0.1) is 15.5 Å². The Kier molecular flexibility index (Phi) is 4.82. The third-order valence-corrected chi connectivity index (χ3v) is 3.27. The summed E-state index contributed by atoms with van der Waals surface area (Å²) in [5.74, 6) is -1.09. The fourth-order valence-corrected chi connectivity index (χ4v) is 2.13. The van der Waals surface area contributed by atoms with E-state index < -0.39 is 16.6 Å². The first-order valence-electron chi connectivity index (χ1n) is 6.05. The Bertz CT molecular complexity index is 680. The second-order valence-corrected chi connectivity index (χ2v) is 4.74. The van der Waals surface area contributed by atoms with Crippen LogP contribution in [0.1, 0.15) is 11.1 Å². The molecule has 0 radical (unpaired) electrons. The molecule has 0 aliphatic carbocycles. The molecular formula is C14H11ClF2N2O2. The van der Waals surface area contributed by atoms with Crippen LogP contribution in [-0.4, -0.2) is 4.92 Å². The van der Waals surface area contributed by atoms with Gasteiger partial charge in [0.2, 0.25) is 0 Å². The van der Waals surface area contributed by atoms with Gasteiger partial charge in [0.15, 0.2) is 0 Å². The van der Waals surface area contributed by atoms with Crippen molar-refractivity contribution in [1.82, 2.24) is 5.32 Å². The first kappa shape index (κ1) is 15.3. The number of benzene rings is 2. The van der Waals surface area contributed by atoms with E-state index in [0.29, 0.717) is 5.56 Å². The van der Waals surface area contributed by atoms with E-state index in [1.165, 1.54) is 18.2 Å². The normalized spacial score (nSPS) is 10.6. The van der Waals surface area contributed by atoms with Gasteiger partial charge in [-0.2, -0.15) is 0 Å². The van der Waals surface area contributed by atoms with Gasteiger partial charge in [-0.3, -0.25) is 10.1 Å². The average Bonchev–Trinajstić information content (AvgIpc) is 2.44. The van der Waals surface area contributed by atoms with Crippen molar-refractivity contribution in [3.8, 4) is 0 Å². The maximum atomic E-state index is 13.4. The van der Waals surface area contributed by atoms with E-state index in [-0.39, 0.29) is 29.4 Å². The summed E-state index contributed by atoms with van der Waals surface area (Å²) < 4.78 is 26.5. The van der Waals surface area contributed by atoms with E-state index >= 15 is 0 Å². The average molecular weight is 313 g/mol. The highest BCUT2D eigenvalue weighted by molar-refractivity contribution is 6.31. The molecule has 2 aromatic rings. The maximum Gasteiger partial charge on any atom is 0.275 e. The number of rotatable bonds is 5. The Hall–Kier alpha value is -2.05. The predicted octanol–water partition coefficient (Wildman–Crippen LogP) is 3.82. The number of hydrogen-bond acceptors (Lipinski definition) is 3. The van der Waals surface area contributed by atoms with Gasteiger partial charge >= 0.3 is 0 Å². The van der Waals surface area contributed by atoms with Crippen LogP contribution >= 0.6 is 11.6 Å². The number of nitrogens with zero attached hydrogens (tertiary/aromatic N) is 1. The monoisotopic (exact) mass is 312 g/mol. The largest absolute Gasteiger partial charge is 0.308 e. The molecule has 0 heterocycles. The molecule has 7 heteroatoms. The first-order valence-corrected chi connectivity index (χ1v) is 6.43. The second-order valence-electron chi connectivity index (χ2n) is 4.33. The van der Waals surface area contributed by atoms with E-state index in [2.05, 4.69) is 5.32 Å². The molecule has 4 nitrogen and oxygen atoms in total. The molecule has 0 saturated heterocycles. The van der Waals surface area contributed by atoms with Crippen molar-refractivity contribution < 1.29 is 13.7 Å². The second kappa shape index (κ2) is 6.60. The highest BCUT2D eigenvalue weighted by Crippen LogP contribution is 2.26. The Balaban J connectivity index is 2.10. The molecule has 2 aromatic carbocycles. The van der Waals surface area contributed by atoms with Crippen LogP contribution in [0, 0.1) is 21.7 Å². The topological polar surface area (TPSA) is 55.2 Å². The Labute approximate surface area is 124 Å². The first-order chi connectivity index (χ1) is 9.99. The van der Waals surface area contributed by atoms with Crippen molar-refractivity contribution in [2.45, 2.75) is 13.1 Å². The van der Waals surface area contributed by atoms with Crippen molar-refractivity contribution in [2.75, 3.05) is 0 Å². The molecule has 0 spiro atoms. The summed E-state index contributed by atoms with van der Waals surface area (Å²) in [6.07, 6.45) is 0. The van der Waals surface area contributed by atoms with Gasteiger partial charge in [-0.1, -0.05) is 17.7 Å².